The Morgan fingerprint density at radius 2 is 1.76 bits per heavy atom. The van der Waals surface area contributed by atoms with Crippen molar-refractivity contribution in [3.05, 3.63) is 29.8 Å². The number of carbonyl (C=O) groups is 2. The molecule has 2 amide bonds. The first-order chi connectivity index (χ1) is 15.8. The minimum absolute atomic E-state index is 0.0209. The Morgan fingerprint density at radius 1 is 1.09 bits per heavy atom. The highest BCUT2D eigenvalue weighted by Crippen LogP contribution is 2.26. The van der Waals surface area contributed by atoms with Gasteiger partial charge in [-0.2, -0.15) is 4.31 Å². The SMILES string of the molecule is CCN(CC)S(=O)(=O)c1ccc(C(=O)Nc2nnc(SCC(=O)NC3CCCCC3)s2)cc1. The van der Waals surface area contributed by atoms with Crippen LogP contribution in [0.1, 0.15) is 56.3 Å². The molecule has 1 saturated carbocycles. The first-order valence-corrected chi connectivity index (χ1v) is 14.2. The molecule has 0 unspecified atom stereocenters. The molecule has 0 radical (unpaired) electrons. The van der Waals surface area contributed by atoms with Crippen LogP contribution in [0.15, 0.2) is 33.5 Å². The summed E-state index contributed by atoms with van der Waals surface area (Å²) in [5.41, 5.74) is 0.310. The van der Waals surface area contributed by atoms with Gasteiger partial charge in [-0.3, -0.25) is 14.9 Å². The molecular formula is C21H29N5O4S3. The Balaban J connectivity index is 1.52. The number of nitrogens with zero attached hydrogens (tertiary/aromatic N) is 3. The highest BCUT2D eigenvalue weighted by atomic mass is 32.2. The van der Waals surface area contributed by atoms with Crippen molar-refractivity contribution in [2.24, 2.45) is 0 Å². The summed E-state index contributed by atoms with van der Waals surface area (Å²) in [6.45, 7) is 4.31. The molecule has 1 aliphatic carbocycles. The predicted octanol–water partition coefficient (Wildman–Crippen LogP) is 3.36. The number of rotatable bonds is 10. The number of benzene rings is 1. The predicted molar refractivity (Wildman–Crippen MR) is 130 cm³/mol. The Labute approximate surface area is 202 Å². The molecule has 0 aliphatic heterocycles. The Hall–Kier alpha value is -2.02. The van der Waals surface area contributed by atoms with Gasteiger partial charge in [0.15, 0.2) is 4.34 Å². The topological polar surface area (TPSA) is 121 Å². The molecular weight excluding hydrogens is 482 g/mol. The molecule has 33 heavy (non-hydrogen) atoms. The highest BCUT2D eigenvalue weighted by molar-refractivity contribution is 8.01. The number of amides is 2. The number of nitrogens with one attached hydrogen (secondary N) is 2. The number of hydrogen-bond donors (Lipinski definition) is 2. The zero-order valence-corrected chi connectivity index (χ0v) is 21.2. The summed E-state index contributed by atoms with van der Waals surface area (Å²) in [6.07, 6.45) is 5.62. The zero-order chi connectivity index (χ0) is 23.8. The van der Waals surface area contributed by atoms with Gasteiger partial charge < -0.3 is 5.32 Å². The fraction of sp³-hybridized carbons (Fsp3) is 0.524. The summed E-state index contributed by atoms with van der Waals surface area (Å²) in [6, 6.07) is 6.06. The van der Waals surface area contributed by atoms with Crippen LogP contribution in [0.4, 0.5) is 5.13 Å². The molecule has 0 saturated heterocycles. The van der Waals surface area contributed by atoms with E-state index in [1.165, 1.54) is 58.1 Å². The smallest absolute Gasteiger partial charge is 0.257 e. The van der Waals surface area contributed by atoms with Crippen molar-refractivity contribution in [1.82, 2.24) is 19.8 Å². The van der Waals surface area contributed by atoms with Crippen molar-refractivity contribution in [2.75, 3.05) is 24.2 Å². The van der Waals surface area contributed by atoms with Crippen LogP contribution < -0.4 is 10.6 Å². The van der Waals surface area contributed by atoms with Gasteiger partial charge in [-0.05, 0) is 37.1 Å². The van der Waals surface area contributed by atoms with Gasteiger partial charge in [0.25, 0.3) is 5.91 Å². The van der Waals surface area contributed by atoms with Crippen molar-refractivity contribution in [3.8, 4) is 0 Å². The minimum atomic E-state index is -3.58. The lowest BCUT2D eigenvalue weighted by atomic mass is 9.95. The van der Waals surface area contributed by atoms with Crippen molar-refractivity contribution < 1.29 is 18.0 Å². The summed E-state index contributed by atoms with van der Waals surface area (Å²) in [4.78, 5) is 24.8. The van der Waals surface area contributed by atoms with E-state index in [9.17, 15) is 18.0 Å². The molecule has 12 heteroatoms. The molecule has 0 bridgehead atoms. The van der Waals surface area contributed by atoms with Gasteiger partial charge in [-0.15, -0.1) is 10.2 Å². The number of hydrogen-bond acceptors (Lipinski definition) is 8. The maximum absolute atomic E-state index is 12.6. The third-order valence-corrected chi connectivity index (χ3v) is 9.42. The highest BCUT2D eigenvalue weighted by Gasteiger charge is 2.22. The second-order valence-corrected chi connectivity index (χ2v) is 11.8. The van der Waals surface area contributed by atoms with Gasteiger partial charge in [0.05, 0.1) is 10.6 Å². The van der Waals surface area contributed by atoms with Crippen LogP contribution in [0, 0.1) is 0 Å². The van der Waals surface area contributed by atoms with E-state index < -0.39 is 15.9 Å². The normalized spacial score (nSPS) is 14.9. The molecule has 0 atom stereocenters. The third kappa shape index (κ3) is 6.98. The van der Waals surface area contributed by atoms with E-state index in [-0.39, 0.29) is 22.6 Å². The minimum Gasteiger partial charge on any atom is -0.353 e. The molecule has 180 valence electrons. The maximum atomic E-state index is 12.6. The van der Waals surface area contributed by atoms with Crippen LogP contribution in [0.25, 0.3) is 0 Å². The molecule has 1 aromatic carbocycles. The van der Waals surface area contributed by atoms with E-state index in [2.05, 4.69) is 20.8 Å². The Kier molecular flexibility index (Phi) is 9.24. The van der Waals surface area contributed by atoms with Crippen LogP contribution in [0.2, 0.25) is 0 Å². The molecule has 0 spiro atoms. The van der Waals surface area contributed by atoms with Crippen molar-refractivity contribution in [1.29, 1.82) is 0 Å². The average Bonchev–Trinajstić information content (AvgIpc) is 3.26. The zero-order valence-electron chi connectivity index (χ0n) is 18.7. The Bertz CT molecular complexity index is 1050. The van der Waals surface area contributed by atoms with E-state index in [1.807, 2.05) is 0 Å². The van der Waals surface area contributed by atoms with Crippen molar-refractivity contribution in [3.63, 3.8) is 0 Å². The lowest BCUT2D eigenvalue weighted by molar-refractivity contribution is -0.119. The second-order valence-electron chi connectivity index (χ2n) is 7.63. The van der Waals surface area contributed by atoms with Gasteiger partial charge in [0, 0.05) is 24.7 Å². The summed E-state index contributed by atoms with van der Waals surface area (Å²) in [7, 11) is -3.58. The summed E-state index contributed by atoms with van der Waals surface area (Å²) in [5, 5.41) is 14.0. The van der Waals surface area contributed by atoms with Crippen LogP contribution in [0.3, 0.4) is 0 Å². The molecule has 1 fully saturated rings. The van der Waals surface area contributed by atoms with E-state index >= 15 is 0 Å². The van der Waals surface area contributed by atoms with Gasteiger partial charge in [-0.1, -0.05) is 56.2 Å². The lowest BCUT2D eigenvalue weighted by Crippen LogP contribution is -2.37. The van der Waals surface area contributed by atoms with E-state index in [4.69, 9.17) is 0 Å². The Morgan fingerprint density at radius 3 is 2.39 bits per heavy atom. The fourth-order valence-electron chi connectivity index (χ4n) is 3.62. The van der Waals surface area contributed by atoms with Crippen molar-refractivity contribution in [2.45, 2.75) is 61.2 Å². The molecule has 3 rings (SSSR count). The second kappa shape index (κ2) is 11.9. The number of anilines is 1. The molecule has 2 N–H and O–H groups in total. The molecule has 1 aliphatic rings. The van der Waals surface area contributed by atoms with Gasteiger partial charge in [0.2, 0.25) is 21.1 Å². The summed E-state index contributed by atoms with van der Waals surface area (Å²) >= 11 is 2.47. The van der Waals surface area contributed by atoms with Crippen molar-refractivity contribution >= 4 is 50.1 Å². The summed E-state index contributed by atoms with van der Waals surface area (Å²) < 4.78 is 27.1. The van der Waals surface area contributed by atoms with Crippen LogP contribution in [-0.4, -0.2) is 59.6 Å². The largest absolute Gasteiger partial charge is 0.353 e. The molecule has 2 aromatic rings. The maximum Gasteiger partial charge on any atom is 0.257 e. The molecule has 9 nitrogen and oxygen atoms in total. The molecule has 1 aromatic heterocycles. The first kappa shape index (κ1) is 25.6. The quantitative estimate of drug-likeness (QED) is 0.370. The third-order valence-electron chi connectivity index (χ3n) is 5.38. The van der Waals surface area contributed by atoms with E-state index in [0.717, 1.165) is 25.7 Å². The summed E-state index contributed by atoms with van der Waals surface area (Å²) in [5.74, 6) is -0.182. The van der Waals surface area contributed by atoms with E-state index in [1.54, 1.807) is 13.8 Å². The number of sulfonamides is 1. The first-order valence-electron chi connectivity index (χ1n) is 11.0. The number of carbonyl (C=O) groups excluding carboxylic acids is 2. The van der Waals surface area contributed by atoms with Crippen LogP contribution in [-0.2, 0) is 14.8 Å². The number of thioether (sulfide) groups is 1. The van der Waals surface area contributed by atoms with Crippen LogP contribution in [0.5, 0.6) is 0 Å². The van der Waals surface area contributed by atoms with Crippen LogP contribution >= 0.6 is 23.1 Å². The van der Waals surface area contributed by atoms with Gasteiger partial charge in [0.1, 0.15) is 0 Å². The molecule has 1 heterocycles. The monoisotopic (exact) mass is 511 g/mol. The van der Waals surface area contributed by atoms with Gasteiger partial charge in [-0.25, -0.2) is 8.42 Å². The average molecular weight is 512 g/mol. The fourth-order valence-corrected chi connectivity index (χ4v) is 6.64. The van der Waals surface area contributed by atoms with E-state index in [0.29, 0.717) is 28.1 Å². The van der Waals surface area contributed by atoms with Gasteiger partial charge >= 0.3 is 0 Å². The number of aromatic nitrogens is 2. The lowest BCUT2D eigenvalue weighted by Gasteiger charge is -2.22. The standard InChI is InChI=1S/C21H29N5O4S3/c1-3-26(4-2)33(29,30)17-12-10-15(11-13-17)19(28)23-20-24-25-21(32-20)31-14-18(27)22-16-8-6-5-7-9-16/h10-13,16H,3-9,14H2,1-2H3,(H,22,27)(H,23,24,28).